The fourth-order valence-electron chi connectivity index (χ4n) is 2.28. The molecule has 0 saturated carbocycles. The molecule has 1 aromatic carbocycles. The highest BCUT2D eigenvalue weighted by Gasteiger charge is 2.23. The highest BCUT2D eigenvalue weighted by Crippen LogP contribution is 2.29. The first-order chi connectivity index (χ1) is 13.3. The van der Waals surface area contributed by atoms with Crippen LogP contribution in [0.15, 0.2) is 42.7 Å². The van der Waals surface area contributed by atoms with Crippen LogP contribution in [-0.4, -0.2) is 33.7 Å². The number of amides is 1. The third-order valence-electron chi connectivity index (χ3n) is 3.51. The van der Waals surface area contributed by atoms with Crippen molar-refractivity contribution in [3.8, 4) is 11.5 Å². The van der Waals surface area contributed by atoms with Crippen LogP contribution in [0.1, 0.15) is 20.8 Å². The number of carbonyl (C=O) groups is 1. The molecule has 0 aliphatic carbocycles. The normalized spacial score (nSPS) is 11.2. The molecular weight excluding hydrogens is 365 g/mol. The van der Waals surface area contributed by atoms with Crippen molar-refractivity contribution >= 4 is 28.8 Å². The fourth-order valence-corrected chi connectivity index (χ4v) is 2.28. The number of nitrogens with zero attached hydrogens (tertiary/aromatic N) is 4. The Kier molecular flexibility index (Phi) is 5.25. The molecule has 0 radical (unpaired) electrons. The Morgan fingerprint density at radius 3 is 2.50 bits per heavy atom. The number of halogens is 1. The maximum Gasteiger partial charge on any atom is 0.443 e. The maximum atomic E-state index is 14.2. The van der Waals surface area contributed by atoms with E-state index >= 15 is 0 Å². The molecule has 0 atom stereocenters. The third-order valence-corrected chi connectivity index (χ3v) is 3.51. The predicted octanol–water partition coefficient (Wildman–Crippen LogP) is 4.48. The third kappa shape index (κ3) is 4.43. The van der Waals surface area contributed by atoms with E-state index in [0.29, 0.717) is 28.5 Å². The van der Waals surface area contributed by atoms with Gasteiger partial charge in [0.15, 0.2) is 16.9 Å². The minimum atomic E-state index is -1.09. The summed E-state index contributed by atoms with van der Waals surface area (Å²) in [5, 5.41) is 2.84. The van der Waals surface area contributed by atoms with E-state index in [1.54, 1.807) is 46.3 Å². The summed E-state index contributed by atoms with van der Waals surface area (Å²) in [6, 6.07) is 7.55. The van der Waals surface area contributed by atoms with Crippen molar-refractivity contribution in [3.63, 3.8) is 0 Å². The fraction of sp³-hybridized carbons (Fsp3) is 0.263. The maximum absolute atomic E-state index is 14.2. The number of ether oxygens (including phenoxy) is 2. The van der Waals surface area contributed by atoms with Crippen LogP contribution < -0.4 is 15.2 Å². The van der Waals surface area contributed by atoms with Gasteiger partial charge in [-0.25, -0.2) is 19.7 Å². The molecule has 3 aromatic rings. The SMILES string of the molecule is CNc1cnc2c(Oc3ccc(N(F)C(=O)OC(C)(C)C)cc3)ccnc2n1. The first-order valence-electron chi connectivity index (χ1n) is 8.53. The van der Waals surface area contributed by atoms with Crippen LogP contribution in [0.2, 0.25) is 0 Å². The monoisotopic (exact) mass is 385 g/mol. The lowest BCUT2D eigenvalue weighted by Crippen LogP contribution is -2.31. The molecule has 0 aliphatic rings. The van der Waals surface area contributed by atoms with E-state index in [1.807, 2.05) is 0 Å². The van der Waals surface area contributed by atoms with E-state index in [4.69, 9.17) is 9.47 Å². The Bertz CT molecular complexity index is 989. The number of hydrogen-bond acceptors (Lipinski definition) is 7. The first-order valence-corrected chi connectivity index (χ1v) is 8.53. The molecule has 1 amide bonds. The van der Waals surface area contributed by atoms with Crippen LogP contribution in [0, 0.1) is 0 Å². The molecule has 8 nitrogen and oxygen atoms in total. The average Bonchev–Trinajstić information content (AvgIpc) is 2.66. The molecule has 2 heterocycles. The van der Waals surface area contributed by atoms with Gasteiger partial charge in [-0.15, -0.1) is 5.12 Å². The van der Waals surface area contributed by atoms with Gasteiger partial charge in [0.1, 0.15) is 17.2 Å². The van der Waals surface area contributed by atoms with Crippen LogP contribution >= 0.6 is 0 Å². The summed E-state index contributed by atoms with van der Waals surface area (Å²) < 4.78 is 25.0. The van der Waals surface area contributed by atoms with E-state index in [2.05, 4.69) is 20.3 Å². The molecule has 146 valence electrons. The van der Waals surface area contributed by atoms with Crippen LogP contribution in [0.3, 0.4) is 0 Å². The van der Waals surface area contributed by atoms with Crippen molar-refractivity contribution < 1.29 is 18.7 Å². The number of benzene rings is 1. The number of rotatable bonds is 4. The van der Waals surface area contributed by atoms with Crippen LogP contribution in [0.4, 0.5) is 20.8 Å². The van der Waals surface area contributed by atoms with Crippen molar-refractivity contribution in [2.45, 2.75) is 26.4 Å². The van der Waals surface area contributed by atoms with Crippen molar-refractivity contribution in [2.24, 2.45) is 0 Å². The minimum absolute atomic E-state index is 0.0274. The van der Waals surface area contributed by atoms with Gasteiger partial charge in [0.25, 0.3) is 0 Å². The Morgan fingerprint density at radius 1 is 1.14 bits per heavy atom. The van der Waals surface area contributed by atoms with E-state index in [9.17, 15) is 9.28 Å². The summed E-state index contributed by atoms with van der Waals surface area (Å²) in [4.78, 5) is 24.6. The summed E-state index contributed by atoms with van der Waals surface area (Å²) in [5.41, 5.74) is 0.160. The molecule has 1 N–H and O–H groups in total. The van der Waals surface area contributed by atoms with Gasteiger partial charge in [-0.3, -0.25) is 0 Å². The highest BCUT2D eigenvalue weighted by molar-refractivity contribution is 5.85. The number of fused-ring (bicyclic) bond motifs is 1. The Labute approximate surface area is 161 Å². The van der Waals surface area contributed by atoms with Gasteiger partial charge in [0, 0.05) is 19.3 Å². The summed E-state index contributed by atoms with van der Waals surface area (Å²) in [7, 11) is 1.74. The van der Waals surface area contributed by atoms with Gasteiger partial charge in [-0.05, 0) is 45.0 Å². The van der Waals surface area contributed by atoms with Crippen molar-refractivity contribution in [2.75, 3.05) is 17.5 Å². The van der Waals surface area contributed by atoms with E-state index < -0.39 is 11.7 Å². The topological polar surface area (TPSA) is 89.5 Å². The van der Waals surface area contributed by atoms with E-state index in [0.717, 1.165) is 0 Å². The summed E-state index contributed by atoms with van der Waals surface area (Å²) >= 11 is 0. The second-order valence-corrected chi connectivity index (χ2v) is 6.84. The number of aromatic nitrogens is 3. The number of hydrogen-bond donors (Lipinski definition) is 1. The van der Waals surface area contributed by atoms with E-state index in [1.165, 1.54) is 24.3 Å². The second kappa shape index (κ2) is 7.63. The van der Waals surface area contributed by atoms with Gasteiger partial charge < -0.3 is 14.8 Å². The minimum Gasteiger partial charge on any atom is -0.455 e. The molecule has 0 aliphatic heterocycles. The Morgan fingerprint density at radius 2 is 1.86 bits per heavy atom. The molecule has 0 unspecified atom stereocenters. The summed E-state index contributed by atoms with van der Waals surface area (Å²) in [5.74, 6) is 1.48. The summed E-state index contributed by atoms with van der Waals surface area (Å²) in [6.45, 7) is 4.99. The lowest BCUT2D eigenvalue weighted by molar-refractivity contribution is 0.0501. The van der Waals surface area contributed by atoms with Gasteiger partial charge in [-0.1, -0.05) is 4.48 Å². The van der Waals surface area contributed by atoms with Crippen LogP contribution in [-0.2, 0) is 4.74 Å². The second-order valence-electron chi connectivity index (χ2n) is 6.84. The van der Waals surface area contributed by atoms with Crippen molar-refractivity contribution in [1.82, 2.24) is 15.0 Å². The quantitative estimate of drug-likeness (QED) is 0.662. The largest absolute Gasteiger partial charge is 0.455 e. The first kappa shape index (κ1) is 19.3. The van der Waals surface area contributed by atoms with Gasteiger partial charge in [0.2, 0.25) is 0 Å². The number of anilines is 2. The molecule has 9 heteroatoms. The lowest BCUT2D eigenvalue weighted by atomic mass is 10.2. The van der Waals surface area contributed by atoms with Gasteiger partial charge in [0.05, 0.1) is 11.9 Å². The molecule has 28 heavy (non-hydrogen) atoms. The lowest BCUT2D eigenvalue weighted by Gasteiger charge is -2.22. The molecule has 3 rings (SSSR count). The zero-order chi connectivity index (χ0) is 20.3. The molecule has 0 spiro atoms. The Hall–Kier alpha value is -3.49. The summed E-state index contributed by atoms with van der Waals surface area (Å²) in [6.07, 6.45) is 2.05. The number of nitrogens with one attached hydrogen (secondary N) is 1. The molecule has 0 saturated heterocycles. The molecular formula is C19H20FN5O3. The smallest absolute Gasteiger partial charge is 0.443 e. The zero-order valence-electron chi connectivity index (χ0n) is 15.9. The van der Waals surface area contributed by atoms with Crippen molar-refractivity contribution in [3.05, 3.63) is 42.7 Å². The van der Waals surface area contributed by atoms with Gasteiger partial charge >= 0.3 is 6.09 Å². The average molecular weight is 385 g/mol. The molecule has 0 fully saturated rings. The number of pyridine rings is 1. The molecule has 2 aromatic heterocycles. The van der Waals surface area contributed by atoms with Crippen molar-refractivity contribution in [1.29, 1.82) is 0 Å². The van der Waals surface area contributed by atoms with Crippen LogP contribution in [0.5, 0.6) is 11.5 Å². The molecule has 0 bridgehead atoms. The zero-order valence-corrected chi connectivity index (χ0v) is 15.9. The van der Waals surface area contributed by atoms with E-state index in [-0.39, 0.29) is 10.8 Å². The standard InChI is InChI=1S/C19H20FN5O3/c1-19(2,3)28-18(26)25(20)12-5-7-13(8-6-12)27-14-9-10-22-17-16(14)23-11-15(21-4)24-17/h5-11H,1-4H3,(H,21,22,24). The number of carbonyl (C=O) groups excluding carboxylic acids is 1. The highest BCUT2D eigenvalue weighted by atomic mass is 19.2. The van der Waals surface area contributed by atoms with Crippen LogP contribution in [0.25, 0.3) is 11.2 Å². The van der Waals surface area contributed by atoms with Gasteiger partial charge in [-0.2, -0.15) is 0 Å². The predicted molar refractivity (Wildman–Crippen MR) is 103 cm³/mol. The Balaban J connectivity index is 1.78.